The van der Waals surface area contributed by atoms with E-state index in [4.69, 9.17) is 10.8 Å². The minimum Gasteiger partial charge on any atom is -0.479 e. The highest BCUT2D eigenvalue weighted by Gasteiger charge is 2.22. The van der Waals surface area contributed by atoms with Crippen molar-refractivity contribution in [1.29, 1.82) is 0 Å². The Kier molecular flexibility index (Phi) is 5.06. The second-order valence-corrected chi connectivity index (χ2v) is 3.15. The number of carboxylic acids is 1. The Balaban J connectivity index is 4.10. The van der Waals surface area contributed by atoms with Gasteiger partial charge in [-0.05, 0) is 12.3 Å². The van der Waals surface area contributed by atoms with Crippen LogP contribution in [-0.4, -0.2) is 29.7 Å². The first-order chi connectivity index (χ1) is 5.97. The molecule has 0 aromatic carbocycles. The predicted molar refractivity (Wildman–Crippen MR) is 46.0 cm³/mol. The highest BCUT2D eigenvalue weighted by molar-refractivity contribution is 5.78. The molecule has 1 atom stereocenters. The number of hydrogen-bond acceptors (Lipinski definition) is 4. The first kappa shape index (κ1) is 11.9. The van der Waals surface area contributed by atoms with Gasteiger partial charge in [0, 0.05) is 0 Å². The molecule has 3 N–H and O–H groups in total. The van der Waals surface area contributed by atoms with Gasteiger partial charge in [-0.3, -0.25) is 4.79 Å². The van der Waals surface area contributed by atoms with Gasteiger partial charge in [0.15, 0.2) is 6.10 Å². The number of nitrogens with two attached hydrogens (primary N) is 1. The van der Waals surface area contributed by atoms with Crippen molar-refractivity contribution < 1.29 is 19.4 Å². The summed E-state index contributed by atoms with van der Waals surface area (Å²) in [5.74, 6) is -1.66. The van der Waals surface area contributed by atoms with E-state index in [-0.39, 0.29) is 12.5 Å². The van der Waals surface area contributed by atoms with E-state index in [2.05, 4.69) is 4.74 Å². The summed E-state index contributed by atoms with van der Waals surface area (Å²) in [5.41, 5.74) is 4.98. The lowest BCUT2D eigenvalue weighted by atomic mass is 10.1. The van der Waals surface area contributed by atoms with Gasteiger partial charge in [0.2, 0.25) is 0 Å². The van der Waals surface area contributed by atoms with Crippen LogP contribution in [0.3, 0.4) is 0 Å². The topological polar surface area (TPSA) is 89.6 Å². The fraction of sp³-hybridized carbons (Fsp3) is 0.750. The molecule has 5 heteroatoms. The maximum atomic E-state index is 10.7. The van der Waals surface area contributed by atoms with Crippen molar-refractivity contribution in [2.75, 3.05) is 6.54 Å². The molecule has 0 unspecified atom stereocenters. The SMILES string of the molecule is CC(C)C[C@H](OC(=O)CN)C(=O)O. The van der Waals surface area contributed by atoms with E-state index in [9.17, 15) is 9.59 Å². The molecule has 0 spiro atoms. The smallest absolute Gasteiger partial charge is 0.345 e. The lowest BCUT2D eigenvalue weighted by molar-refractivity contribution is -0.164. The van der Waals surface area contributed by atoms with Gasteiger partial charge in [-0.1, -0.05) is 13.8 Å². The molecule has 0 aromatic rings. The van der Waals surface area contributed by atoms with Crippen molar-refractivity contribution in [2.45, 2.75) is 26.4 Å². The van der Waals surface area contributed by atoms with Crippen molar-refractivity contribution in [3.05, 3.63) is 0 Å². The second kappa shape index (κ2) is 5.53. The summed E-state index contributed by atoms with van der Waals surface area (Å²) in [4.78, 5) is 21.3. The quantitative estimate of drug-likeness (QED) is 0.593. The number of aliphatic carboxylic acids is 1. The van der Waals surface area contributed by atoms with Crippen molar-refractivity contribution in [1.82, 2.24) is 0 Å². The van der Waals surface area contributed by atoms with Crippen LogP contribution in [0.5, 0.6) is 0 Å². The van der Waals surface area contributed by atoms with Crippen LogP contribution in [0, 0.1) is 5.92 Å². The van der Waals surface area contributed by atoms with E-state index in [1.165, 1.54) is 0 Å². The largest absolute Gasteiger partial charge is 0.479 e. The van der Waals surface area contributed by atoms with Crippen LogP contribution in [0.4, 0.5) is 0 Å². The molecular formula is C8H15NO4. The van der Waals surface area contributed by atoms with Crippen LogP contribution in [0.2, 0.25) is 0 Å². The Morgan fingerprint density at radius 1 is 1.46 bits per heavy atom. The summed E-state index contributed by atoms with van der Waals surface area (Å²) in [6.45, 7) is 3.42. The number of ether oxygens (including phenoxy) is 1. The molecule has 0 saturated carbocycles. The second-order valence-electron chi connectivity index (χ2n) is 3.15. The van der Waals surface area contributed by atoms with E-state index in [0.717, 1.165) is 0 Å². The zero-order valence-electron chi connectivity index (χ0n) is 7.82. The number of carbonyl (C=O) groups excluding carboxylic acids is 1. The van der Waals surface area contributed by atoms with Gasteiger partial charge in [-0.25, -0.2) is 4.79 Å². The third-order valence-corrected chi connectivity index (χ3v) is 1.40. The van der Waals surface area contributed by atoms with E-state index in [0.29, 0.717) is 6.42 Å². The van der Waals surface area contributed by atoms with Gasteiger partial charge in [0.05, 0.1) is 6.54 Å². The van der Waals surface area contributed by atoms with Crippen molar-refractivity contribution in [3.8, 4) is 0 Å². The highest BCUT2D eigenvalue weighted by atomic mass is 16.6. The standard InChI is InChI=1S/C8H15NO4/c1-5(2)3-6(8(11)12)13-7(10)4-9/h5-6H,3-4,9H2,1-2H3,(H,11,12)/t6-/m0/s1. The number of hydrogen-bond donors (Lipinski definition) is 2. The van der Waals surface area contributed by atoms with E-state index < -0.39 is 18.0 Å². The maximum Gasteiger partial charge on any atom is 0.345 e. The van der Waals surface area contributed by atoms with Gasteiger partial charge in [-0.2, -0.15) is 0 Å². The summed E-state index contributed by atoms with van der Waals surface area (Å²) in [7, 11) is 0. The molecular weight excluding hydrogens is 174 g/mol. The van der Waals surface area contributed by atoms with Crippen LogP contribution in [0.15, 0.2) is 0 Å². The van der Waals surface area contributed by atoms with Crippen LogP contribution in [-0.2, 0) is 14.3 Å². The van der Waals surface area contributed by atoms with Crippen molar-refractivity contribution in [2.24, 2.45) is 11.7 Å². The third kappa shape index (κ3) is 5.19. The van der Waals surface area contributed by atoms with Crippen LogP contribution >= 0.6 is 0 Å². The molecule has 0 fully saturated rings. The minimum atomic E-state index is -1.13. The lowest BCUT2D eigenvalue weighted by Crippen LogP contribution is -2.31. The molecule has 0 aromatic heterocycles. The molecule has 0 bridgehead atoms. The third-order valence-electron chi connectivity index (χ3n) is 1.40. The normalized spacial score (nSPS) is 12.6. The Hall–Kier alpha value is -1.10. The highest BCUT2D eigenvalue weighted by Crippen LogP contribution is 2.08. The van der Waals surface area contributed by atoms with Gasteiger partial charge in [0.1, 0.15) is 0 Å². The lowest BCUT2D eigenvalue weighted by Gasteiger charge is -2.14. The Morgan fingerprint density at radius 2 is 2.00 bits per heavy atom. The summed E-state index contributed by atoms with van der Waals surface area (Å²) in [6, 6.07) is 0. The summed E-state index contributed by atoms with van der Waals surface area (Å²) >= 11 is 0. The van der Waals surface area contributed by atoms with Crippen LogP contribution < -0.4 is 5.73 Å². The summed E-state index contributed by atoms with van der Waals surface area (Å²) in [6.07, 6.45) is -0.766. The average molecular weight is 189 g/mol. The molecule has 0 aliphatic carbocycles. The first-order valence-electron chi connectivity index (χ1n) is 4.09. The number of esters is 1. The zero-order chi connectivity index (χ0) is 10.4. The molecule has 0 aliphatic heterocycles. The maximum absolute atomic E-state index is 10.7. The molecule has 0 heterocycles. The monoisotopic (exact) mass is 189 g/mol. The van der Waals surface area contributed by atoms with E-state index >= 15 is 0 Å². The Bertz CT molecular complexity index is 191. The molecule has 13 heavy (non-hydrogen) atoms. The molecule has 0 rings (SSSR count). The fourth-order valence-electron chi connectivity index (χ4n) is 0.834. The number of carboxylic acid groups (broad SMARTS) is 1. The average Bonchev–Trinajstić information content (AvgIpc) is 2.02. The minimum absolute atomic E-state index is 0.159. The van der Waals surface area contributed by atoms with E-state index in [1.807, 2.05) is 13.8 Å². The van der Waals surface area contributed by atoms with Crippen molar-refractivity contribution in [3.63, 3.8) is 0 Å². The van der Waals surface area contributed by atoms with E-state index in [1.54, 1.807) is 0 Å². The van der Waals surface area contributed by atoms with Gasteiger partial charge in [-0.15, -0.1) is 0 Å². The summed E-state index contributed by atoms with van der Waals surface area (Å²) < 4.78 is 4.61. The van der Waals surface area contributed by atoms with Gasteiger partial charge < -0.3 is 15.6 Å². The molecule has 5 nitrogen and oxygen atoms in total. The summed E-state index contributed by atoms with van der Waals surface area (Å²) in [5, 5.41) is 8.65. The molecule has 0 saturated heterocycles. The number of carbonyl (C=O) groups is 2. The zero-order valence-corrected chi connectivity index (χ0v) is 7.82. The predicted octanol–water partition coefficient (Wildman–Crippen LogP) is -0.0124. The first-order valence-corrected chi connectivity index (χ1v) is 4.09. The fourth-order valence-corrected chi connectivity index (χ4v) is 0.834. The molecule has 0 radical (unpaired) electrons. The molecule has 0 amide bonds. The Morgan fingerprint density at radius 3 is 2.31 bits per heavy atom. The Labute approximate surface area is 76.9 Å². The van der Waals surface area contributed by atoms with Gasteiger partial charge >= 0.3 is 11.9 Å². The number of rotatable bonds is 5. The molecule has 76 valence electrons. The van der Waals surface area contributed by atoms with Crippen molar-refractivity contribution >= 4 is 11.9 Å². The van der Waals surface area contributed by atoms with Crippen LogP contribution in [0.25, 0.3) is 0 Å². The molecule has 0 aliphatic rings. The van der Waals surface area contributed by atoms with Gasteiger partial charge in [0.25, 0.3) is 0 Å². The van der Waals surface area contributed by atoms with Crippen LogP contribution in [0.1, 0.15) is 20.3 Å².